The summed E-state index contributed by atoms with van der Waals surface area (Å²) in [5.74, 6) is -0.120. The molecule has 17 heavy (non-hydrogen) atoms. The topological polar surface area (TPSA) is 20.3 Å². The maximum atomic E-state index is 13.7. The van der Waals surface area contributed by atoms with Crippen molar-refractivity contribution in [3.8, 4) is 0 Å². The Morgan fingerprint density at radius 1 is 1.59 bits per heavy atom. The molecule has 2 nitrogen and oxygen atoms in total. The highest BCUT2D eigenvalue weighted by molar-refractivity contribution is 9.10. The lowest BCUT2D eigenvalue weighted by molar-refractivity contribution is -0.117. The highest BCUT2D eigenvalue weighted by Gasteiger charge is 2.30. The molecule has 90 valence electrons. The molecule has 1 atom stereocenters. The number of amides is 1. The monoisotopic (exact) mass is 297 g/mol. The number of benzene rings is 1. The summed E-state index contributed by atoms with van der Waals surface area (Å²) in [4.78, 5) is 13.5. The van der Waals surface area contributed by atoms with E-state index in [4.69, 9.17) is 0 Å². The van der Waals surface area contributed by atoms with Crippen molar-refractivity contribution in [3.63, 3.8) is 0 Å². The van der Waals surface area contributed by atoms with E-state index in [-0.39, 0.29) is 17.6 Å². The number of anilines is 1. The van der Waals surface area contributed by atoms with Gasteiger partial charge in [-0.15, -0.1) is 6.58 Å². The average molecular weight is 298 g/mol. The van der Waals surface area contributed by atoms with Crippen molar-refractivity contribution in [3.05, 3.63) is 40.6 Å². The molecule has 1 amide bonds. The zero-order valence-corrected chi connectivity index (χ0v) is 11.1. The summed E-state index contributed by atoms with van der Waals surface area (Å²) in [6.45, 7) is 5.97. The molecule has 0 bridgehead atoms. The third kappa shape index (κ3) is 2.14. The quantitative estimate of drug-likeness (QED) is 0.766. The molecule has 1 aliphatic rings. The van der Waals surface area contributed by atoms with Crippen LogP contribution < -0.4 is 4.90 Å². The molecular weight excluding hydrogens is 285 g/mol. The number of hydrogen-bond acceptors (Lipinski definition) is 1. The fourth-order valence-corrected chi connectivity index (χ4v) is 2.49. The number of hydrogen-bond donors (Lipinski definition) is 0. The molecule has 2 rings (SSSR count). The second-order valence-electron chi connectivity index (χ2n) is 4.21. The first-order valence-corrected chi connectivity index (χ1v) is 6.21. The van der Waals surface area contributed by atoms with Gasteiger partial charge in [-0.3, -0.25) is 4.79 Å². The lowest BCUT2D eigenvalue weighted by atomic mass is 10.1. The van der Waals surface area contributed by atoms with Crippen LogP contribution in [0.15, 0.2) is 29.3 Å². The Labute approximate surface area is 108 Å². The van der Waals surface area contributed by atoms with Crippen molar-refractivity contribution in [1.82, 2.24) is 0 Å². The van der Waals surface area contributed by atoms with E-state index < -0.39 is 0 Å². The summed E-state index contributed by atoms with van der Waals surface area (Å²) in [5.41, 5.74) is 1.15. The normalized spacial score (nSPS) is 19.8. The van der Waals surface area contributed by atoms with Gasteiger partial charge in [0.05, 0.1) is 4.47 Å². The fraction of sp³-hybridized carbons (Fsp3) is 0.308. The standard InChI is InChI=1S/C13H13BrFNO/c1-3-9-6-12(17)16(7-9)11-5-4-10(14)13(15)8(11)2/h3-5,9H,1,6-7H2,2H3. The van der Waals surface area contributed by atoms with Crippen molar-refractivity contribution in [2.75, 3.05) is 11.4 Å². The fourth-order valence-electron chi connectivity index (χ4n) is 2.06. The maximum absolute atomic E-state index is 13.7. The summed E-state index contributed by atoms with van der Waals surface area (Å²) < 4.78 is 14.2. The first-order chi connectivity index (χ1) is 8.04. The third-order valence-corrected chi connectivity index (χ3v) is 3.70. The summed E-state index contributed by atoms with van der Waals surface area (Å²) in [6, 6.07) is 3.40. The van der Waals surface area contributed by atoms with Crippen molar-refractivity contribution >= 4 is 27.5 Å². The van der Waals surface area contributed by atoms with E-state index in [0.717, 1.165) is 0 Å². The van der Waals surface area contributed by atoms with Crippen molar-refractivity contribution in [2.45, 2.75) is 13.3 Å². The Kier molecular flexibility index (Phi) is 3.33. The minimum absolute atomic E-state index is 0.0275. The van der Waals surface area contributed by atoms with Gasteiger partial charge in [0.1, 0.15) is 5.82 Å². The van der Waals surface area contributed by atoms with Crippen LogP contribution in [0.3, 0.4) is 0 Å². The lowest BCUT2D eigenvalue weighted by Crippen LogP contribution is -2.25. The minimum atomic E-state index is -0.308. The van der Waals surface area contributed by atoms with Crippen molar-refractivity contribution < 1.29 is 9.18 Å². The zero-order valence-electron chi connectivity index (χ0n) is 9.54. The van der Waals surface area contributed by atoms with Crippen LogP contribution in [0.2, 0.25) is 0 Å². The second-order valence-corrected chi connectivity index (χ2v) is 5.06. The molecule has 1 heterocycles. The van der Waals surface area contributed by atoms with E-state index in [2.05, 4.69) is 22.5 Å². The van der Waals surface area contributed by atoms with Crippen LogP contribution in [0.5, 0.6) is 0 Å². The van der Waals surface area contributed by atoms with E-state index in [9.17, 15) is 9.18 Å². The van der Waals surface area contributed by atoms with Gasteiger partial charge < -0.3 is 4.90 Å². The van der Waals surface area contributed by atoms with Gasteiger partial charge in [0.15, 0.2) is 0 Å². The average Bonchev–Trinajstić information content (AvgIpc) is 2.68. The third-order valence-electron chi connectivity index (χ3n) is 3.09. The molecule has 0 saturated carbocycles. The first-order valence-electron chi connectivity index (χ1n) is 5.42. The lowest BCUT2D eigenvalue weighted by Gasteiger charge is -2.19. The van der Waals surface area contributed by atoms with Crippen LogP contribution in [-0.2, 0) is 4.79 Å². The molecular formula is C13H13BrFNO. The molecule has 0 aromatic heterocycles. The van der Waals surface area contributed by atoms with Gasteiger partial charge in [-0.05, 0) is 35.0 Å². The Bertz CT molecular complexity index is 487. The van der Waals surface area contributed by atoms with Gasteiger partial charge >= 0.3 is 0 Å². The molecule has 1 aromatic rings. The summed E-state index contributed by atoms with van der Waals surface area (Å²) in [5, 5.41) is 0. The molecule has 0 radical (unpaired) electrons. The van der Waals surface area contributed by atoms with Crippen LogP contribution in [0.1, 0.15) is 12.0 Å². The predicted octanol–water partition coefficient (Wildman–Crippen LogP) is 3.44. The SMILES string of the molecule is C=CC1CC(=O)N(c2ccc(Br)c(F)c2C)C1. The number of carbonyl (C=O) groups is 1. The Morgan fingerprint density at radius 3 is 2.88 bits per heavy atom. The molecule has 0 N–H and O–H groups in total. The van der Waals surface area contributed by atoms with E-state index in [1.807, 2.05) is 0 Å². The molecule has 0 spiro atoms. The van der Waals surface area contributed by atoms with Gasteiger partial charge in [-0.1, -0.05) is 6.08 Å². The molecule has 0 aliphatic carbocycles. The van der Waals surface area contributed by atoms with Crippen LogP contribution in [-0.4, -0.2) is 12.5 Å². The van der Waals surface area contributed by atoms with Crippen molar-refractivity contribution in [1.29, 1.82) is 0 Å². The summed E-state index contributed by atoms with van der Waals surface area (Å²) in [6.07, 6.45) is 2.24. The van der Waals surface area contributed by atoms with Gasteiger partial charge in [0.2, 0.25) is 5.91 Å². The minimum Gasteiger partial charge on any atom is -0.311 e. The smallest absolute Gasteiger partial charge is 0.227 e. The molecule has 1 saturated heterocycles. The Hall–Kier alpha value is -1.16. The van der Waals surface area contributed by atoms with Crippen molar-refractivity contribution in [2.24, 2.45) is 5.92 Å². The van der Waals surface area contributed by atoms with E-state index in [0.29, 0.717) is 28.7 Å². The largest absolute Gasteiger partial charge is 0.311 e. The first kappa shape index (κ1) is 12.3. The van der Waals surface area contributed by atoms with E-state index >= 15 is 0 Å². The van der Waals surface area contributed by atoms with Crippen LogP contribution in [0.4, 0.5) is 10.1 Å². The second kappa shape index (κ2) is 4.61. The van der Waals surface area contributed by atoms with Crippen LogP contribution >= 0.6 is 15.9 Å². The van der Waals surface area contributed by atoms with Crippen LogP contribution in [0, 0.1) is 18.7 Å². The van der Waals surface area contributed by atoms with Crippen LogP contribution in [0.25, 0.3) is 0 Å². The molecule has 1 aromatic carbocycles. The molecule has 4 heteroatoms. The predicted molar refractivity (Wildman–Crippen MR) is 69.5 cm³/mol. The van der Waals surface area contributed by atoms with E-state index in [1.165, 1.54) is 0 Å². The van der Waals surface area contributed by atoms with Gasteiger partial charge in [0.25, 0.3) is 0 Å². The maximum Gasteiger partial charge on any atom is 0.227 e. The molecule has 1 fully saturated rings. The number of carbonyl (C=O) groups excluding carboxylic acids is 1. The van der Waals surface area contributed by atoms with E-state index in [1.54, 1.807) is 30.0 Å². The number of nitrogens with zero attached hydrogens (tertiary/aromatic N) is 1. The summed E-state index contributed by atoms with van der Waals surface area (Å²) in [7, 11) is 0. The Morgan fingerprint density at radius 2 is 2.29 bits per heavy atom. The number of rotatable bonds is 2. The Balaban J connectivity index is 2.39. The number of halogens is 2. The zero-order chi connectivity index (χ0) is 12.6. The molecule has 1 unspecified atom stereocenters. The van der Waals surface area contributed by atoms with Gasteiger partial charge in [-0.2, -0.15) is 0 Å². The molecule has 1 aliphatic heterocycles. The van der Waals surface area contributed by atoms with Gasteiger partial charge in [0, 0.05) is 30.1 Å². The highest BCUT2D eigenvalue weighted by atomic mass is 79.9. The summed E-state index contributed by atoms with van der Waals surface area (Å²) >= 11 is 3.13. The highest BCUT2D eigenvalue weighted by Crippen LogP contribution is 2.32. The van der Waals surface area contributed by atoms with Gasteiger partial charge in [-0.25, -0.2) is 4.39 Å².